The van der Waals surface area contributed by atoms with Crippen LogP contribution in [0.5, 0.6) is 0 Å². The normalized spacial score (nSPS) is 13.1. The van der Waals surface area contributed by atoms with E-state index in [1.807, 2.05) is 54.7 Å². The molecule has 0 amide bonds. The Bertz CT molecular complexity index is 1200. The first kappa shape index (κ1) is 51.1. The number of hydrogen-bond acceptors (Lipinski definition) is 6. The summed E-state index contributed by atoms with van der Waals surface area (Å²) < 4.78 is 16.6. The van der Waals surface area contributed by atoms with Gasteiger partial charge in [0.05, 0.1) is 0 Å². The van der Waals surface area contributed by atoms with Gasteiger partial charge in [-0.1, -0.05) is 169 Å². The quantitative estimate of drug-likeness (QED) is 0.0208. The molecule has 0 aromatic heterocycles. The van der Waals surface area contributed by atoms with Crippen LogP contribution in [0.3, 0.4) is 0 Å². The third-order valence-electron chi connectivity index (χ3n) is 8.37. The SMILES string of the molecule is CC\C=C/C=C\C=C/C=C\C=C/CCCC(=O)OC(COC(=O)CCCCCC/C=C\C/C=C\C/C=C\CC)COC(=O)CCCCCC/C=C\CCCC. The minimum Gasteiger partial charge on any atom is -0.462 e. The second-order valence-electron chi connectivity index (χ2n) is 13.6. The highest BCUT2D eigenvalue weighted by molar-refractivity contribution is 5.71. The van der Waals surface area contributed by atoms with Crippen LogP contribution < -0.4 is 0 Å². The summed E-state index contributed by atoms with van der Waals surface area (Å²) in [4.78, 5) is 37.6. The van der Waals surface area contributed by atoms with E-state index in [0.29, 0.717) is 19.3 Å². The average molecular weight is 761 g/mol. The predicted molar refractivity (Wildman–Crippen MR) is 233 cm³/mol. The molecular weight excluding hydrogens is 685 g/mol. The van der Waals surface area contributed by atoms with Crippen LogP contribution in [0.15, 0.2) is 109 Å². The van der Waals surface area contributed by atoms with E-state index in [9.17, 15) is 14.4 Å². The maximum Gasteiger partial charge on any atom is 0.306 e. The smallest absolute Gasteiger partial charge is 0.306 e. The molecule has 6 heteroatoms. The highest BCUT2D eigenvalue weighted by atomic mass is 16.6. The fourth-order valence-electron chi connectivity index (χ4n) is 5.17. The molecule has 0 aliphatic carbocycles. The molecule has 1 unspecified atom stereocenters. The molecule has 0 rings (SSSR count). The Kier molecular flexibility index (Phi) is 39.7. The minimum atomic E-state index is -0.828. The van der Waals surface area contributed by atoms with Gasteiger partial charge in [-0.2, -0.15) is 0 Å². The third kappa shape index (κ3) is 41.1. The molecule has 0 aromatic rings. The van der Waals surface area contributed by atoms with Gasteiger partial charge in [-0.15, -0.1) is 0 Å². The molecule has 0 spiro atoms. The summed E-state index contributed by atoms with van der Waals surface area (Å²) in [6.07, 6.45) is 56.5. The van der Waals surface area contributed by atoms with Crippen molar-refractivity contribution in [1.29, 1.82) is 0 Å². The van der Waals surface area contributed by atoms with Crippen molar-refractivity contribution in [3.8, 4) is 0 Å². The Morgan fingerprint density at radius 1 is 0.400 bits per heavy atom. The van der Waals surface area contributed by atoms with E-state index >= 15 is 0 Å². The van der Waals surface area contributed by atoms with Crippen molar-refractivity contribution in [3.63, 3.8) is 0 Å². The molecule has 0 bridgehead atoms. The van der Waals surface area contributed by atoms with Crippen LogP contribution in [-0.2, 0) is 28.6 Å². The number of esters is 3. The van der Waals surface area contributed by atoms with E-state index < -0.39 is 12.1 Å². The van der Waals surface area contributed by atoms with E-state index in [0.717, 1.165) is 103 Å². The van der Waals surface area contributed by atoms with Gasteiger partial charge in [0.25, 0.3) is 0 Å². The van der Waals surface area contributed by atoms with Crippen molar-refractivity contribution in [1.82, 2.24) is 0 Å². The second kappa shape index (κ2) is 42.8. The van der Waals surface area contributed by atoms with Gasteiger partial charge in [0.1, 0.15) is 13.2 Å². The summed E-state index contributed by atoms with van der Waals surface area (Å²) in [5.41, 5.74) is 0. The monoisotopic (exact) mass is 761 g/mol. The van der Waals surface area contributed by atoms with E-state index in [-0.39, 0.29) is 31.6 Å². The van der Waals surface area contributed by atoms with Crippen LogP contribution in [0, 0.1) is 0 Å². The van der Waals surface area contributed by atoms with E-state index in [1.54, 1.807) is 0 Å². The van der Waals surface area contributed by atoms with Crippen molar-refractivity contribution in [2.24, 2.45) is 0 Å². The molecule has 0 fully saturated rings. The number of carbonyl (C=O) groups excluding carboxylic acids is 3. The molecule has 1 atom stereocenters. The van der Waals surface area contributed by atoms with Crippen LogP contribution >= 0.6 is 0 Å². The Morgan fingerprint density at radius 2 is 0.818 bits per heavy atom. The van der Waals surface area contributed by atoms with E-state index in [1.165, 1.54) is 12.8 Å². The standard InChI is InChI=1S/C49H76O6/c1-4-7-10-13-16-19-22-24-26-27-30-33-36-39-42-48(51)54-45-46(44-53-47(50)41-38-35-32-29-21-18-15-12-9-6-3)55-49(52)43-40-37-34-31-28-25-23-20-17-14-11-8-5-2/h7-8,10-11,14-20,23-26,28,31,34,46H,4-6,9,12-13,21-22,27,29-30,32-33,35-45H2,1-3H3/b10-7-,11-8-,17-14-,18-15-,19-16-,23-20-,26-24-,28-25-,34-31-. The molecule has 0 N–H and O–H groups in total. The molecule has 6 nitrogen and oxygen atoms in total. The number of carbonyl (C=O) groups is 3. The number of ether oxygens (including phenoxy) is 3. The van der Waals surface area contributed by atoms with Gasteiger partial charge in [0.2, 0.25) is 0 Å². The molecule has 0 saturated heterocycles. The molecule has 0 aliphatic rings. The predicted octanol–water partition coefficient (Wildman–Crippen LogP) is 13.6. The lowest BCUT2D eigenvalue weighted by atomic mass is 10.1. The van der Waals surface area contributed by atoms with Crippen LogP contribution in [-0.4, -0.2) is 37.2 Å². The maximum absolute atomic E-state index is 12.7. The first-order chi connectivity index (χ1) is 27.0. The summed E-state index contributed by atoms with van der Waals surface area (Å²) in [6, 6.07) is 0. The molecule has 0 radical (unpaired) electrons. The van der Waals surface area contributed by atoms with Crippen LogP contribution in [0.1, 0.15) is 162 Å². The molecule has 0 aliphatic heterocycles. The first-order valence-electron chi connectivity index (χ1n) is 21.5. The highest BCUT2D eigenvalue weighted by Gasteiger charge is 2.19. The Hall–Kier alpha value is -3.93. The number of hydrogen-bond donors (Lipinski definition) is 0. The number of unbranched alkanes of at least 4 members (excludes halogenated alkanes) is 11. The zero-order valence-corrected chi connectivity index (χ0v) is 34.9. The van der Waals surface area contributed by atoms with Gasteiger partial charge in [-0.25, -0.2) is 0 Å². The lowest BCUT2D eigenvalue weighted by Crippen LogP contribution is -2.30. The molecule has 308 valence electrons. The summed E-state index contributed by atoms with van der Waals surface area (Å²) in [5, 5.41) is 0. The summed E-state index contributed by atoms with van der Waals surface area (Å²) >= 11 is 0. The topological polar surface area (TPSA) is 78.9 Å². The second-order valence-corrected chi connectivity index (χ2v) is 13.6. The Labute approximate surface area is 336 Å². The van der Waals surface area contributed by atoms with Gasteiger partial charge in [-0.3, -0.25) is 14.4 Å². The van der Waals surface area contributed by atoms with Crippen LogP contribution in [0.25, 0.3) is 0 Å². The fraction of sp³-hybridized carbons (Fsp3) is 0.571. The minimum absolute atomic E-state index is 0.123. The molecule has 0 saturated carbocycles. The van der Waals surface area contributed by atoms with Crippen molar-refractivity contribution < 1.29 is 28.6 Å². The first-order valence-corrected chi connectivity index (χ1v) is 21.5. The number of allylic oxidation sites excluding steroid dienone is 18. The van der Waals surface area contributed by atoms with Crippen molar-refractivity contribution in [2.45, 2.75) is 168 Å². The highest BCUT2D eigenvalue weighted by Crippen LogP contribution is 2.11. The zero-order valence-electron chi connectivity index (χ0n) is 34.9. The lowest BCUT2D eigenvalue weighted by molar-refractivity contribution is -0.167. The average Bonchev–Trinajstić information content (AvgIpc) is 3.18. The Balaban J connectivity index is 4.58. The van der Waals surface area contributed by atoms with Gasteiger partial charge in [-0.05, 0) is 83.5 Å². The van der Waals surface area contributed by atoms with Gasteiger partial charge in [0, 0.05) is 19.3 Å². The van der Waals surface area contributed by atoms with Crippen LogP contribution in [0.4, 0.5) is 0 Å². The van der Waals surface area contributed by atoms with Gasteiger partial charge >= 0.3 is 17.9 Å². The molecule has 0 aromatic carbocycles. The van der Waals surface area contributed by atoms with E-state index in [4.69, 9.17) is 14.2 Å². The molecule has 55 heavy (non-hydrogen) atoms. The molecule has 0 heterocycles. The maximum atomic E-state index is 12.7. The lowest BCUT2D eigenvalue weighted by Gasteiger charge is -2.18. The third-order valence-corrected chi connectivity index (χ3v) is 8.37. The van der Waals surface area contributed by atoms with Crippen LogP contribution in [0.2, 0.25) is 0 Å². The largest absolute Gasteiger partial charge is 0.462 e. The van der Waals surface area contributed by atoms with Crippen molar-refractivity contribution in [2.75, 3.05) is 13.2 Å². The Morgan fingerprint density at radius 3 is 1.36 bits per heavy atom. The zero-order chi connectivity index (χ0) is 40.1. The summed E-state index contributed by atoms with van der Waals surface area (Å²) in [7, 11) is 0. The van der Waals surface area contributed by atoms with E-state index in [2.05, 4.69) is 75.5 Å². The van der Waals surface area contributed by atoms with Crippen molar-refractivity contribution >= 4 is 17.9 Å². The van der Waals surface area contributed by atoms with Gasteiger partial charge < -0.3 is 14.2 Å². The number of rotatable bonds is 36. The summed E-state index contributed by atoms with van der Waals surface area (Å²) in [5.74, 6) is -1.05. The van der Waals surface area contributed by atoms with Crippen molar-refractivity contribution in [3.05, 3.63) is 109 Å². The summed E-state index contributed by atoms with van der Waals surface area (Å²) in [6.45, 7) is 6.20. The molecular formula is C49H76O6. The van der Waals surface area contributed by atoms with Gasteiger partial charge in [0.15, 0.2) is 6.10 Å². The fourth-order valence-corrected chi connectivity index (χ4v) is 5.17.